The van der Waals surface area contributed by atoms with Gasteiger partial charge in [0.05, 0.1) is 0 Å². The molecule has 2 aromatic rings. The first-order valence-electron chi connectivity index (χ1n) is 10.1. The molecule has 0 bridgehead atoms. The first-order valence-corrected chi connectivity index (χ1v) is 10.1. The second kappa shape index (κ2) is 8.07. The van der Waals surface area contributed by atoms with Gasteiger partial charge in [-0.15, -0.1) is 0 Å². The van der Waals surface area contributed by atoms with Crippen molar-refractivity contribution in [1.29, 1.82) is 0 Å². The molecule has 4 rings (SSSR count). The number of carbonyl (C=O) groups is 3. The lowest BCUT2D eigenvalue weighted by atomic mass is 10.1. The number of nitrogens with zero attached hydrogens (tertiary/aromatic N) is 2. The van der Waals surface area contributed by atoms with Gasteiger partial charge >= 0.3 is 0 Å². The van der Waals surface area contributed by atoms with Crippen molar-refractivity contribution in [3.63, 3.8) is 0 Å². The molecule has 29 heavy (non-hydrogen) atoms. The molecule has 150 valence electrons. The second-order valence-electron chi connectivity index (χ2n) is 7.70. The van der Waals surface area contributed by atoms with Crippen LogP contribution in [-0.4, -0.2) is 30.8 Å². The van der Waals surface area contributed by atoms with Gasteiger partial charge in [0.2, 0.25) is 17.7 Å². The quantitative estimate of drug-likeness (QED) is 0.797. The van der Waals surface area contributed by atoms with Crippen LogP contribution in [-0.2, 0) is 20.9 Å². The zero-order chi connectivity index (χ0) is 20.4. The Morgan fingerprint density at radius 2 is 1.62 bits per heavy atom. The van der Waals surface area contributed by atoms with E-state index < -0.39 is 5.92 Å². The number of anilines is 2. The molecular weight excluding hydrogens is 366 g/mol. The van der Waals surface area contributed by atoms with Crippen LogP contribution in [0, 0.1) is 12.8 Å². The van der Waals surface area contributed by atoms with Crippen molar-refractivity contribution in [3.05, 3.63) is 59.7 Å². The molecule has 0 aliphatic carbocycles. The third kappa shape index (κ3) is 4.01. The Labute approximate surface area is 170 Å². The van der Waals surface area contributed by atoms with Gasteiger partial charge in [0.25, 0.3) is 0 Å². The van der Waals surface area contributed by atoms with Gasteiger partial charge in [0.1, 0.15) is 5.92 Å². The van der Waals surface area contributed by atoms with Crippen LogP contribution >= 0.6 is 0 Å². The maximum absolute atomic E-state index is 12.7. The third-order valence-corrected chi connectivity index (χ3v) is 5.66. The summed E-state index contributed by atoms with van der Waals surface area (Å²) in [5.74, 6) is -0.862. The van der Waals surface area contributed by atoms with Crippen molar-refractivity contribution in [2.45, 2.75) is 32.7 Å². The number of rotatable bonds is 5. The van der Waals surface area contributed by atoms with Crippen molar-refractivity contribution < 1.29 is 14.4 Å². The number of benzene rings is 2. The minimum Gasteiger partial charge on any atom is -0.351 e. The molecule has 6 nitrogen and oxygen atoms in total. The third-order valence-electron chi connectivity index (χ3n) is 5.66. The molecular formula is C23H25N3O3. The Balaban J connectivity index is 1.33. The van der Waals surface area contributed by atoms with Crippen molar-refractivity contribution in [3.8, 4) is 0 Å². The van der Waals surface area contributed by atoms with Crippen LogP contribution in [0.2, 0.25) is 0 Å². The van der Waals surface area contributed by atoms with E-state index in [1.54, 1.807) is 9.80 Å². The van der Waals surface area contributed by atoms with E-state index in [9.17, 15) is 14.4 Å². The highest BCUT2D eigenvalue weighted by Gasteiger charge is 2.37. The Kier molecular flexibility index (Phi) is 5.34. The van der Waals surface area contributed by atoms with Crippen molar-refractivity contribution in [2.75, 3.05) is 22.9 Å². The van der Waals surface area contributed by atoms with E-state index in [2.05, 4.69) is 5.32 Å². The van der Waals surface area contributed by atoms with Crippen LogP contribution in [0.25, 0.3) is 0 Å². The summed E-state index contributed by atoms with van der Waals surface area (Å²) in [5, 5.41) is 2.88. The fraction of sp³-hybridized carbons (Fsp3) is 0.348. The van der Waals surface area contributed by atoms with Gasteiger partial charge in [0, 0.05) is 37.4 Å². The molecule has 2 saturated heterocycles. The van der Waals surface area contributed by atoms with Gasteiger partial charge in [0.15, 0.2) is 0 Å². The number of aryl methyl sites for hydroxylation is 1. The lowest BCUT2D eigenvalue weighted by Gasteiger charge is -2.17. The van der Waals surface area contributed by atoms with Crippen LogP contribution in [0.15, 0.2) is 48.5 Å². The molecule has 2 aliphatic heterocycles. The molecule has 0 saturated carbocycles. The normalized spacial score (nSPS) is 19.1. The van der Waals surface area contributed by atoms with E-state index in [1.807, 2.05) is 55.5 Å². The van der Waals surface area contributed by atoms with Crippen LogP contribution in [0.4, 0.5) is 11.4 Å². The van der Waals surface area contributed by atoms with Crippen LogP contribution in [0.1, 0.15) is 30.4 Å². The first kappa shape index (κ1) is 19.2. The highest BCUT2D eigenvalue weighted by atomic mass is 16.2. The average molecular weight is 391 g/mol. The zero-order valence-corrected chi connectivity index (χ0v) is 16.6. The summed E-state index contributed by atoms with van der Waals surface area (Å²) < 4.78 is 0. The molecule has 0 aromatic heterocycles. The summed E-state index contributed by atoms with van der Waals surface area (Å²) in [6.45, 7) is 3.68. The summed E-state index contributed by atoms with van der Waals surface area (Å²) in [4.78, 5) is 40.6. The molecule has 3 amide bonds. The maximum atomic E-state index is 12.7. The molecule has 2 fully saturated rings. The lowest BCUT2D eigenvalue weighted by Crippen LogP contribution is -2.36. The Morgan fingerprint density at radius 1 is 0.966 bits per heavy atom. The van der Waals surface area contributed by atoms with Gasteiger partial charge in [-0.2, -0.15) is 0 Å². The molecule has 0 radical (unpaired) electrons. The number of nitrogens with one attached hydrogen (secondary N) is 1. The largest absolute Gasteiger partial charge is 0.351 e. The van der Waals surface area contributed by atoms with Gasteiger partial charge < -0.3 is 15.1 Å². The molecule has 2 aliphatic rings. The average Bonchev–Trinajstić information content (AvgIpc) is 3.33. The first-order chi connectivity index (χ1) is 14.0. The van der Waals surface area contributed by atoms with Gasteiger partial charge in [-0.05, 0) is 49.6 Å². The van der Waals surface area contributed by atoms with E-state index in [1.165, 1.54) is 0 Å². The van der Waals surface area contributed by atoms with E-state index in [0.29, 0.717) is 25.9 Å². The number of hydrogen-bond acceptors (Lipinski definition) is 3. The molecule has 6 heteroatoms. The molecule has 1 atom stereocenters. The molecule has 1 N–H and O–H groups in total. The Bertz CT molecular complexity index is 921. The number of carbonyl (C=O) groups excluding carboxylic acids is 3. The fourth-order valence-electron chi connectivity index (χ4n) is 3.93. The van der Waals surface area contributed by atoms with Crippen LogP contribution in [0.3, 0.4) is 0 Å². The Hall–Kier alpha value is -3.15. The van der Waals surface area contributed by atoms with E-state index in [0.717, 1.165) is 35.5 Å². The number of hydrogen-bond donors (Lipinski definition) is 1. The monoisotopic (exact) mass is 391 g/mol. The predicted molar refractivity (Wildman–Crippen MR) is 112 cm³/mol. The van der Waals surface area contributed by atoms with E-state index in [4.69, 9.17) is 0 Å². The lowest BCUT2D eigenvalue weighted by molar-refractivity contribution is -0.132. The van der Waals surface area contributed by atoms with Gasteiger partial charge in [-0.1, -0.05) is 29.8 Å². The predicted octanol–water partition coefficient (Wildman–Crippen LogP) is 2.79. The van der Waals surface area contributed by atoms with Crippen LogP contribution < -0.4 is 15.1 Å². The molecule has 1 unspecified atom stereocenters. The summed E-state index contributed by atoms with van der Waals surface area (Å²) in [6, 6.07) is 15.4. The Morgan fingerprint density at radius 3 is 2.28 bits per heavy atom. The SMILES string of the molecule is Cc1ccc(N2CCC(C(=O)NCc3ccc(N4CCCC4=O)cc3)C2=O)cc1. The standard InChI is InChI=1S/C23H25N3O3/c1-16-4-8-19(9-5-16)26-14-12-20(23(26)29)22(28)24-15-17-6-10-18(11-7-17)25-13-2-3-21(25)27/h4-11,20H,2-3,12-15H2,1H3,(H,24,28). The minimum atomic E-state index is -0.641. The highest BCUT2D eigenvalue weighted by Crippen LogP contribution is 2.26. The smallest absolute Gasteiger partial charge is 0.239 e. The fourth-order valence-corrected chi connectivity index (χ4v) is 3.93. The number of amides is 3. The zero-order valence-electron chi connectivity index (χ0n) is 16.6. The molecule has 0 spiro atoms. The molecule has 2 heterocycles. The molecule has 2 aromatic carbocycles. The summed E-state index contributed by atoms with van der Waals surface area (Å²) in [5.41, 5.74) is 3.80. The van der Waals surface area contributed by atoms with Gasteiger partial charge in [-0.25, -0.2) is 0 Å². The van der Waals surface area contributed by atoms with Crippen molar-refractivity contribution in [2.24, 2.45) is 5.92 Å². The van der Waals surface area contributed by atoms with Crippen molar-refractivity contribution in [1.82, 2.24) is 5.32 Å². The van der Waals surface area contributed by atoms with E-state index >= 15 is 0 Å². The second-order valence-corrected chi connectivity index (χ2v) is 7.70. The summed E-state index contributed by atoms with van der Waals surface area (Å²) >= 11 is 0. The summed E-state index contributed by atoms with van der Waals surface area (Å²) in [6.07, 6.45) is 2.02. The topological polar surface area (TPSA) is 69.7 Å². The minimum absolute atomic E-state index is 0.144. The van der Waals surface area contributed by atoms with Crippen LogP contribution in [0.5, 0.6) is 0 Å². The van der Waals surface area contributed by atoms with Crippen molar-refractivity contribution >= 4 is 29.1 Å². The summed E-state index contributed by atoms with van der Waals surface area (Å²) in [7, 11) is 0. The van der Waals surface area contributed by atoms with Gasteiger partial charge in [-0.3, -0.25) is 14.4 Å². The highest BCUT2D eigenvalue weighted by molar-refractivity contribution is 6.09. The van der Waals surface area contributed by atoms with E-state index in [-0.39, 0.29) is 17.7 Å². The maximum Gasteiger partial charge on any atom is 0.239 e.